The lowest BCUT2D eigenvalue weighted by Gasteiger charge is -2.11. The number of nitrogens with one attached hydrogen (secondary N) is 1. The number of nitrogens with zero attached hydrogens (tertiary/aromatic N) is 1. The van der Waals surface area contributed by atoms with Gasteiger partial charge >= 0.3 is 5.97 Å². The zero-order valence-corrected chi connectivity index (χ0v) is 11.6. The van der Waals surface area contributed by atoms with Crippen LogP contribution in [0, 0.1) is 13.8 Å². The number of aromatic amines is 1. The van der Waals surface area contributed by atoms with Crippen LogP contribution in [-0.2, 0) is 0 Å². The summed E-state index contributed by atoms with van der Waals surface area (Å²) in [7, 11) is 0. The maximum absolute atomic E-state index is 11.3. The molecule has 0 atom stereocenters. The number of carbonyl (C=O) groups is 1. The average molecular weight is 258 g/mol. The minimum Gasteiger partial charge on any atom is -0.476 e. The van der Waals surface area contributed by atoms with E-state index in [0.717, 1.165) is 16.8 Å². The largest absolute Gasteiger partial charge is 0.476 e. The first-order valence-corrected chi connectivity index (χ1v) is 6.31. The molecule has 0 bridgehead atoms. The number of aromatic carboxylic acids is 1. The molecule has 0 fully saturated rings. The molecule has 19 heavy (non-hydrogen) atoms. The highest BCUT2D eigenvalue weighted by Crippen LogP contribution is 2.31. The first kappa shape index (κ1) is 13.3. The van der Waals surface area contributed by atoms with E-state index in [0.29, 0.717) is 11.5 Å². The van der Waals surface area contributed by atoms with E-state index in [9.17, 15) is 9.90 Å². The van der Waals surface area contributed by atoms with Gasteiger partial charge in [-0.25, -0.2) is 4.79 Å². The summed E-state index contributed by atoms with van der Waals surface area (Å²) in [5, 5.41) is 15.9. The number of benzene rings is 1. The van der Waals surface area contributed by atoms with Gasteiger partial charge in [-0.3, -0.25) is 5.10 Å². The predicted octanol–water partition coefficient (Wildman–Crippen LogP) is 3.52. The van der Waals surface area contributed by atoms with E-state index in [1.165, 1.54) is 5.56 Å². The minimum atomic E-state index is -1.01. The fraction of sp³-hybridized carbons (Fsp3) is 0.333. The summed E-state index contributed by atoms with van der Waals surface area (Å²) in [6.45, 7) is 8.07. The van der Waals surface area contributed by atoms with E-state index < -0.39 is 5.97 Å². The molecule has 1 heterocycles. The molecule has 0 unspecified atom stereocenters. The van der Waals surface area contributed by atoms with Crippen molar-refractivity contribution in [3.63, 3.8) is 0 Å². The van der Waals surface area contributed by atoms with Crippen molar-refractivity contribution in [2.45, 2.75) is 33.6 Å². The van der Waals surface area contributed by atoms with Gasteiger partial charge in [0.15, 0.2) is 5.69 Å². The number of rotatable bonds is 3. The molecule has 2 N–H and O–H groups in total. The van der Waals surface area contributed by atoms with Crippen molar-refractivity contribution in [3.8, 4) is 11.1 Å². The van der Waals surface area contributed by atoms with Crippen molar-refractivity contribution >= 4 is 5.97 Å². The standard InChI is InChI=1S/C15H18N2O2/c1-8(2)11-6-5-9(3)12(7-11)13-10(4)16-17-14(13)15(18)19/h5-8H,1-4H3,(H,16,17)(H,18,19). The fourth-order valence-electron chi connectivity index (χ4n) is 2.18. The monoisotopic (exact) mass is 258 g/mol. The van der Waals surface area contributed by atoms with Gasteiger partial charge in [0.1, 0.15) is 0 Å². The molecule has 0 aliphatic carbocycles. The van der Waals surface area contributed by atoms with Gasteiger partial charge < -0.3 is 5.11 Å². The third-order valence-corrected chi connectivity index (χ3v) is 3.35. The molecule has 1 aromatic carbocycles. The van der Waals surface area contributed by atoms with Crippen LogP contribution in [0.2, 0.25) is 0 Å². The lowest BCUT2D eigenvalue weighted by molar-refractivity contribution is 0.0691. The van der Waals surface area contributed by atoms with Crippen LogP contribution in [0.3, 0.4) is 0 Å². The van der Waals surface area contributed by atoms with Crippen LogP contribution in [0.25, 0.3) is 11.1 Å². The topological polar surface area (TPSA) is 66.0 Å². The first-order chi connectivity index (χ1) is 8.91. The zero-order valence-electron chi connectivity index (χ0n) is 11.6. The number of hydrogen-bond donors (Lipinski definition) is 2. The van der Waals surface area contributed by atoms with Gasteiger partial charge in [0.05, 0.1) is 0 Å². The predicted molar refractivity (Wildman–Crippen MR) is 74.5 cm³/mol. The first-order valence-electron chi connectivity index (χ1n) is 6.31. The summed E-state index contributed by atoms with van der Waals surface area (Å²) in [5.41, 5.74) is 4.74. The number of carboxylic acid groups (broad SMARTS) is 1. The van der Waals surface area contributed by atoms with Crippen molar-refractivity contribution in [2.24, 2.45) is 0 Å². The van der Waals surface area contributed by atoms with E-state index >= 15 is 0 Å². The summed E-state index contributed by atoms with van der Waals surface area (Å²) in [4.78, 5) is 11.3. The zero-order chi connectivity index (χ0) is 14.2. The summed E-state index contributed by atoms with van der Waals surface area (Å²) in [6.07, 6.45) is 0. The minimum absolute atomic E-state index is 0.0847. The van der Waals surface area contributed by atoms with E-state index in [4.69, 9.17) is 0 Å². The lowest BCUT2D eigenvalue weighted by atomic mass is 9.93. The maximum Gasteiger partial charge on any atom is 0.357 e. The summed E-state index contributed by atoms with van der Waals surface area (Å²) >= 11 is 0. The van der Waals surface area contributed by atoms with E-state index in [1.807, 2.05) is 19.9 Å². The molecular weight excluding hydrogens is 240 g/mol. The Morgan fingerprint density at radius 3 is 2.58 bits per heavy atom. The van der Waals surface area contributed by atoms with Gasteiger partial charge in [-0.05, 0) is 36.5 Å². The second-order valence-corrected chi connectivity index (χ2v) is 5.11. The molecular formula is C15H18N2O2. The highest BCUT2D eigenvalue weighted by molar-refractivity contribution is 5.95. The fourth-order valence-corrected chi connectivity index (χ4v) is 2.18. The van der Waals surface area contributed by atoms with Crippen molar-refractivity contribution < 1.29 is 9.90 Å². The lowest BCUT2D eigenvalue weighted by Crippen LogP contribution is -2.00. The number of aromatic nitrogens is 2. The molecule has 100 valence electrons. The van der Waals surface area contributed by atoms with Crippen molar-refractivity contribution in [3.05, 3.63) is 40.7 Å². The van der Waals surface area contributed by atoms with Crippen molar-refractivity contribution in [1.29, 1.82) is 0 Å². The number of H-pyrrole nitrogens is 1. The smallest absolute Gasteiger partial charge is 0.357 e. The third-order valence-electron chi connectivity index (χ3n) is 3.35. The van der Waals surface area contributed by atoms with Gasteiger partial charge in [-0.15, -0.1) is 0 Å². The van der Waals surface area contributed by atoms with Gasteiger partial charge in [-0.1, -0.05) is 32.0 Å². The molecule has 0 saturated heterocycles. The summed E-state index contributed by atoms with van der Waals surface area (Å²) in [6, 6.07) is 6.17. The Morgan fingerprint density at radius 1 is 1.32 bits per heavy atom. The molecule has 0 spiro atoms. The second kappa shape index (κ2) is 4.88. The van der Waals surface area contributed by atoms with Crippen LogP contribution >= 0.6 is 0 Å². The number of hydrogen-bond acceptors (Lipinski definition) is 2. The molecule has 0 aliphatic rings. The van der Waals surface area contributed by atoms with Crippen LogP contribution in [0.4, 0.5) is 0 Å². The van der Waals surface area contributed by atoms with Gasteiger partial charge in [-0.2, -0.15) is 5.10 Å². The summed E-state index contributed by atoms with van der Waals surface area (Å²) < 4.78 is 0. The van der Waals surface area contributed by atoms with Crippen molar-refractivity contribution in [2.75, 3.05) is 0 Å². The molecule has 2 rings (SSSR count). The Hall–Kier alpha value is -2.10. The normalized spacial score (nSPS) is 11.0. The van der Waals surface area contributed by atoms with Gasteiger partial charge in [0.25, 0.3) is 0 Å². The SMILES string of the molecule is Cc1ccc(C(C)C)cc1-c1c(C(=O)O)n[nH]c1C. The molecule has 2 aromatic rings. The average Bonchev–Trinajstić information content (AvgIpc) is 2.71. The van der Waals surface area contributed by atoms with Crippen LogP contribution in [-0.4, -0.2) is 21.3 Å². The van der Waals surface area contributed by atoms with Crippen LogP contribution < -0.4 is 0 Å². The Kier molecular flexibility index (Phi) is 3.42. The van der Waals surface area contributed by atoms with Crippen molar-refractivity contribution in [1.82, 2.24) is 10.2 Å². The molecule has 4 nitrogen and oxygen atoms in total. The highest BCUT2D eigenvalue weighted by Gasteiger charge is 2.20. The Morgan fingerprint density at radius 2 is 2.00 bits per heavy atom. The third kappa shape index (κ3) is 2.38. The van der Waals surface area contributed by atoms with E-state index in [2.05, 4.69) is 36.2 Å². The highest BCUT2D eigenvalue weighted by atomic mass is 16.4. The van der Waals surface area contributed by atoms with Gasteiger partial charge in [0.2, 0.25) is 0 Å². The molecule has 0 radical (unpaired) electrons. The maximum atomic E-state index is 11.3. The molecule has 0 amide bonds. The molecule has 0 saturated carbocycles. The van der Waals surface area contributed by atoms with Crippen LogP contribution in [0.15, 0.2) is 18.2 Å². The molecule has 4 heteroatoms. The van der Waals surface area contributed by atoms with Crippen LogP contribution in [0.1, 0.15) is 47.1 Å². The molecule has 1 aromatic heterocycles. The Balaban J connectivity index is 2.68. The van der Waals surface area contributed by atoms with E-state index in [-0.39, 0.29) is 5.69 Å². The number of aryl methyl sites for hydroxylation is 2. The summed E-state index contributed by atoms with van der Waals surface area (Å²) in [5.74, 6) is -0.603. The van der Waals surface area contributed by atoms with Gasteiger partial charge in [0, 0.05) is 11.3 Å². The van der Waals surface area contributed by atoms with Crippen LogP contribution in [0.5, 0.6) is 0 Å². The number of carboxylic acids is 1. The Bertz CT molecular complexity index is 627. The Labute approximate surface area is 112 Å². The van der Waals surface area contributed by atoms with E-state index in [1.54, 1.807) is 0 Å². The molecule has 0 aliphatic heterocycles. The quantitative estimate of drug-likeness (QED) is 0.885. The second-order valence-electron chi connectivity index (χ2n) is 5.11.